The van der Waals surface area contributed by atoms with Crippen molar-refractivity contribution < 1.29 is 5.11 Å². The van der Waals surface area contributed by atoms with Crippen LogP contribution in [0.2, 0.25) is 10.0 Å². The van der Waals surface area contributed by atoms with Crippen LogP contribution in [-0.4, -0.2) is 9.67 Å². The number of rotatable bonds is 1. The van der Waals surface area contributed by atoms with E-state index >= 15 is 0 Å². The SMILES string of the molecule is Cc1cc(C#N)cc2c1cc(-c1c(Cl)ccc(O)c1Cl)n2C. The topological polar surface area (TPSA) is 48.9 Å². The van der Waals surface area contributed by atoms with Crippen LogP contribution in [0.5, 0.6) is 5.75 Å². The number of nitriles is 1. The standard InChI is InChI=1S/C17H12Cl2N2O/c1-9-5-10(8-20)6-13-11(9)7-14(21(13)2)16-12(18)3-4-15(22)17(16)19/h3-7,22H,1-2H3. The Kier molecular flexibility index (Phi) is 3.52. The van der Waals surface area contributed by atoms with Crippen LogP contribution in [0.3, 0.4) is 0 Å². The third kappa shape index (κ3) is 2.12. The summed E-state index contributed by atoms with van der Waals surface area (Å²) in [6.45, 7) is 1.96. The van der Waals surface area contributed by atoms with E-state index in [1.54, 1.807) is 6.07 Å². The third-order valence-electron chi connectivity index (χ3n) is 3.82. The summed E-state index contributed by atoms with van der Waals surface area (Å²) >= 11 is 12.5. The highest BCUT2D eigenvalue weighted by Gasteiger charge is 2.18. The van der Waals surface area contributed by atoms with E-state index in [9.17, 15) is 5.11 Å². The van der Waals surface area contributed by atoms with Crippen LogP contribution in [0.25, 0.3) is 22.2 Å². The number of nitrogens with zero attached hydrogens (tertiary/aromatic N) is 2. The molecule has 22 heavy (non-hydrogen) atoms. The molecule has 5 heteroatoms. The summed E-state index contributed by atoms with van der Waals surface area (Å²) in [4.78, 5) is 0. The lowest BCUT2D eigenvalue weighted by atomic mass is 10.1. The first-order chi connectivity index (χ1) is 10.4. The van der Waals surface area contributed by atoms with Gasteiger partial charge in [0.15, 0.2) is 0 Å². The summed E-state index contributed by atoms with van der Waals surface area (Å²) in [5.41, 5.74) is 3.90. The molecule has 1 heterocycles. The van der Waals surface area contributed by atoms with Gasteiger partial charge in [-0.1, -0.05) is 23.2 Å². The Morgan fingerprint density at radius 3 is 2.59 bits per heavy atom. The van der Waals surface area contributed by atoms with Gasteiger partial charge in [-0.2, -0.15) is 5.26 Å². The van der Waals surface area contributed by atoms with Crippen molar-refractivity contribution in [2.75, 3.05) is 0 Å². The first-order valence-electron chi connectivity index (χ1n) is 6.61. The van der Waals surface area contributed by atoms with Crippen LogP contribution in [0.1, 0.15) is 11.1 Å². The Morgan fingerprint density at radius 2 is 1.91 bits per heavy atom. The minimum atomic E-state index is -0.0132. The van der Waals surface area contributed by atoms with Gasteiger partial charge >= 0.3 is 0 Å². The summed E-state index contributed by atoms with van der Waals surface area (Å²) in [7, 11) is 1.88. The fourth-order valence-electron chi connectivity index (χ4n) is 2.69. The number of benzene rings is 2. The zero-order chi connectivity index (χ0) is 16.0. The van der Waals surface area contributed by atoms with Crippen molar-refractivity contribution in [3.8, 4) is 23.1 Å². The summed E-state index contributed by atoms with van der Waals surface area (Å²) in [5.74, 6) is -0.0132. The lowest BCUT2D eigenvalue weighted by Crippen LogP contribution is -1.93. The summed E-state index contributed by atoms with van der Waals surface area (Å²) in [6, 6.07) is 10.9. The van der Waals surface area contributed by atoms with Gasteiger partial charge in [0.05, 0.1) is 27.4 Å². The summed E-state index contributed by atoms with van der Waals surface area (Å²) < 4.78 is 1.93. The molecular formula is C17H12Cl2N2O. The number of aryl methyl sites for hydroxylation is 2. The highest BCUT2D eigenvalue weighted by Crippen LogP contribution is 2.42. The zero-order valence-electron chi connectivity index (χ0n) is 12.0. The second-order valence-corrected chi connectivity index (χ2v) is 5.97. The van der Waals surface area contributed by atoms with E-state index < -0.39 is 0 Å². The van der Waals surface area contributed by atoms with Gasteiger partial charge in [-0.05, 0) is 42.8 Å². The maximum atomic E-state index is 9.85. The molecule has 0 aliphatic carbocycles. The molecule has 0 saturated carbocycles. The molecule has 0 aliphatic heterocycles. The average molecular weight is 331 g/mol. The van der Waals surface area contributed by atoms with Crippen molar-refractivity contribution in [1.29, 1.82) is 5.26 Å². The maximum Gasteiger partial charge on any atom is 0.134 e. The van der Waals surface area contributed by atoms with Gasteiger partial charge in [0.1, 0.15) is 5.75 Å². The lowest BCUT2D eigenvalue weighted by Gasteiger charge is -2.10. The molecule has 1 N–H and O–H groups in total. The van der Waals surface area contributed by atoms with Gasteiger partial charge in [-0.25, -0.2) is 0 Å². The molecule has 0 aliphatic rings. The van der Waals surface area contributed by atoms with Gasteiger partial charge in [0.2, 0.25) is 0 Å². The van der Waals surface area contributed by atoms with Crippen molar-refractivity contribution in [1.82, 2.24) is 4.57 Å². The Balaban J connectivity index is 2.39. The van der Waals surface area contributed by atoms with Crippen LogP contribution in [0.15, 0.2) is 30.3 Å². The predicted molar refractivity (Wildman–Crippen MR) is 89.5 cm³/mol. The van der Waals surface area contributed by atoms with Crippen LogP contribution >= 0.6 is 23.2 Å². The molecule has 0 spiro atoms. The van der Waals surface area contributed by atoms with Crippen LogP contribution in [0, 0.1) is 18.3 Å². The molecule has 0 fully saturated rings. The Hall–Kier alpha value is -2.15. The summed E-state index contributed by atoms with van der Waals surface area (Å²) in [5, 5.41) is 20.7. The van der Waals surface area contributed by atoms with Crippen LogP contribution in [-0.2, 0) is 7.05 Å². The highest BCUT2D eigenvalue weighted by atomic mass is 35.5. The first-order valence-corrected chi connectivity index (χ1v) is 7.37. The number of fused-ring (bicyclic) bond motifs is 1. The van der Waals surface area contributed by atoms with E-state index in [4.69, 9.17) is 28.5 Å². The zero-order valence-corrected chi connectivity index (χ0v) is 13.5. The molecule has 0 unspecified atom stereocenters. The smallest absolute Gasteiger partial charge is 0.134 e. The summed E-state index contributed by atoms with van der Waals surface area (Å²) in [6.07, 6.45) is 0. The number of hydrogen-bond donors (Lipinski definition) is 1. The van der Waals surface area contributed by atoms with Crippen molar-refractivity contribution >= 4 is 34.1 Å². The van der Waals surface area contributed by atoms with Gasteiger partial charge in [-0.3, -0.25) is 0 Å². The van der Waals surface area contributed by atoms with E-state index in [0.717, 1.165) is 22.2 Å². The minimum absolute atomic E-state index is 0.0132. The number of aromatic nitrogens is 1. The van der Waals surface area contributed by atoms with Crippen LogP contribution in [0.4, 0.5) is 0 Å². The molecule has 110 valence electrons. The van der Waals surface area contributed by atoms with Crippen LogP contribution < -0.4 is 0 Å². The Morgan fingerprint density at radius 1 is 1.18 bits per heavy atom. The molecule has 3 rings (SSSR count). The average Bonchev–Trinajstić information content (AvgIpc) is 2.82. The van der Waals surface area contributed by atoms with Gasteiger partial charge in [0, 0.05) is 23.5 Å². The molecule has 0 bridgehead atoms. The second kappa shape index (κ2) is 5.24. The minimum Gasteiger partial charge on any atom is -0.506 e. The van der Waals surface area contributed by atoms with E-state index in [2.05, 4.69) is 6.07 Å². The lowest BCUT2D eigenvalue weighted by molar-refractivity contribution is 0.476. The molecule has 1 aromatic heterocycles. The maximum absolute atomic E-state index is 9.85. The molecule has 2 aromatic carbocycles. The fourth-order valence-corrected chi connectivity index (χ4v) is 3.25. The van der Waals surface area contributed by atoms with Gasteiger partial charge < -0.3 is 9.67 Å². The highest BCUT2D eigenvalue weighted by molar-refractivity contribution is 6.40. The molecule has 0 saturated heterocycles. The fraction of sp³-hybridized carbons (Fsp3) is 0.118. The van der Waals surface area contributed by atoms with E-state index in [1.165, 1.54) is 6.07 Å². The number of halogens is 2. The van der Waals surface area contributed by atoms with E-state index in [1.807, 2.05) is 36.7 Å². The van der Waals surface area contributed by atoms with Crippen molar-refractivity contribution in [2.45, 2.75) is 6.92 Å². The van der Waals surface area contributed by atoms with Crippen molar-refractivity contribution in [3.63, 3.8) is 0 Å². The Bertz CT molecular complexity index is 952. The second-order valence-electron chi connectivity index (χ2n) is 5.18. The number of hydrogen-bond acceptors (Lipinski definition) is 2. The monoisotopic (exact) mass is 330 g/mol. The third-order valence-corrected chi connectivity index (χ3v) is 4.52. The Labute approximate surface area is 137 Å². The quantitative estimate of drug-likeness (QED) is 0.679. The first kappa shape index (κ1) is 14.8. The van der Waals surface area contributed by atoms with Gasteiger partial charge in [-0.15, -0.1) is 0 Å². The molecule has 0 atom stereocenters. The van der Waals surface area contributed by atoms with Crippen molar-refractivity contribution in [3.05, 3.63) is 51.5 Å². The van der Waals surface area contributed by atoms with E-state index in [-0.39, 0.29) is 10.8 Å². The largest absolute Gasteiger partial charge is 0.506 e. The number of phenols is 1. The number of phenolic OH excluding ortho intramolecular Hbond substituents is 1. The van der Waals surface area contributed by atoms with Gasteiger partial charge in [0.25, 0.3) is 0 Å². The van der Waals surface area contributed by atoms with E-state index in [0.29, 0.717) is 16.1 Å². The molecule has 3 aromatic rings. The molecule has 0 amide bonds. The molecular weight excluding hydrogens is 319 g/mol. The molecule has 0 radical (unpaired) electrons. The predicted octanol–water partition coefficient (Wildman–Crippen LogP) is 5.04. The number of aromatic hydroxyl groups is 1. The van der Waals surface area contributed by atoms with Crippen molar-refractivity contribution in [2.24, 2.45) is 7.05 Å². The molecule has 3 nitrogen and oxygen atoms in total. The normalized spacial score (nSPS) is 10.9.